The van der Waals surface area contributed by atoms with E-state index in [4.69, 9.17) is 11.6 Å². The Hall–Kier alpha value is -0.860. The molecule has 1 unspecified atom stereocenters. The molecule has 0 saturated carbocycles. The van der Waals surface area contributed by atoms with Gasteiger partial charge in [-0.05, 0) is 7.05 Å². The van der Waals surface area contributed by atoms with E-state index < -0.39 is 5.50 Å². The second kappa shape index (κ2) is 4.24. The number of alkyl halides is 1. The second-order valence-electron chi connectivity index (χ2n) is 2.38. The summed E-state index contributed by atoms with van der Waals surface area (Å²) in [5.41, 5.74) is -0.000694. The maximum atomic E-state index is 11.4. The van der Waals surface area contributed by atoms with E-state index in [2.05, 4.69) is 5.32 Å². The molecule has 0 spiro atoms. The van der Waals surface area contributed by atoms with Gasteiger partial charge in [0, 0.05) is 5.56 Å². The van der Waals surface area contributed by atoms with Crippen LogP contribution in [0.2, 0.25) is 0 Å². The van der Waals surface area contributed by atoms with Crippen LogP contribution in [0.5, 0.6) is 0 Å². The summed E-state index contributed by atoms with van der Waals surface area (Å²) in [4.78, 5) is 11.4. The Labute approximate surface area is 76.5 Å². The molecule has 1 N–H and O–H groups in total. The van der Waals surface area contributed by atoms with Crippen LogP contribution in [0.25, 0.3) is 0 Å². The lowest BCUT2D eigenvalue weighted by atomic mass is 10.1. The first kappa shape index (κ1) is 9.23. The van der Waals surface area contributed by atoms with Crippen LogP contribution >= 0.6 is 11.6 Å². The standard InChI is InChI=1S/C9H10ClNO/c1-11-9(10)8(12)7-5-3-2-4-6-7/h2-6,9,11H,1H3. The third kappa shape index (κ3) is 2.06. The summed E-state index contributed by atoms with van der Waals surface area (Å²) in [6.45, 7) is 0. The van der Waals surface area contributed by atoms with Crippen molar-refractivity contribution >= 4 is 17.4 Å². The van der Waals surface area contributed by atoms with Crippen molar-refractivity contribution in [2.75, 3.05) is 7.05 Å². The van der Waals surface area contributed by atoms with Crippen molar-refractivity contribution in [3.05, 3.63) is 35.9 Å². The van der Waals surface area contributed by atoms with E-state index in [0.717, 1.165) is 0 Å². The average Bonchev–Trinajstić information content (AvgIpc) is 2.17. The van der Waals surface area contributed by atoms with Gasteiger partial charge in [-0.15, -0.1) is 0 Å². The average molecular weight is 184 g/mol. The topological polar surface area (TPSA) is 29.1 Å². The van der Waals surface area contributed by atoms with E-state index in [1.807, 2.05) is 18.2 Å². The van der Waals surface area contributed by atoms with Gasteiger partial charge in [-0.1, -0.05) is 41.9 Å². The van der Waals surface area contributed by atoms with Gasteiger partial charge in [0.15, 0.2) is 5.78 Å². The number of carbonyl (C=O) groups is 1. The fourth-order valence-corrected chi connectivity index (χ4v) is 1.01. The predicted octanol–water partition coefficient (Wildman–Crippen LogP) is 1.65. The number of benzene rings is 1. The van der Waals surface area contributed by atoms with Crippen LogP contribution in [0.1, 0.15) is 10.4 Å². The Morgan fingerprint density at radius 3 is 2.50 bits per heavy atom. The molecule has 0 fully saturated rings. The number of nitrogens with one attached hydrogen (secondary N) is 1. The van der Waals surface area contributed by atoms with E-state index >= 15 is 0 Å². The highest BCUT2D eigenvalue weighted by Gasteiger charge is 2.13. The minimum absolute atomic E-state index is 0.0974. The molecule has 12 heavy (non-hydrogen) atoms. The molecule has 0 heterocycles. The van der Waals surface area contributed by atoms with Crippen molar-refractivity contribution in [2.45, 2.75) is 5.50 Å². The first-order valence-corrected chi connectivity index (χ1v) is 4.10. The lowest BCUT2D eigenvalue weighted by molar-refractivity contribution is 0.0979. The van der Waals surface area contributed by atoms with Crippen LogP contribution in [-0.4, -0.2) is 18.3 Å². The lowest BCUT2D eigenvalue weighted by Crippen LogP contribution is -2.28. The van der Waals surface area contributed by atoms with Gasteiger partial charge in [0.25, 0.3) is 0 Å². The summed E-state index contributed by atoms with van der Waals surface area (Å²) in [6, 6.07) is 8.97. The molecule has 0 aliphatic heterocycles. The van der Waals surface area contributed by atoms with Crippen molar-refractivity contribution in [3.63, 3.8) is 0 Å². The molecule has 1 atom stereocenters. The van der Waals surface area contributed by atoms with Gasteiger partial charge in [-0.3, -0.25) is 10.1 Å². The molecule has 2 nitrogen and oxygen atoms in total. The molecule has 1 rings (SSSR count). The molecule has 0 aliphatic rings. The molecular weight excluding hydrogens is 174 g/mol. The third-order valence-corrected chi connectivity index (χ3v) is 1.96. The summed E-state index contributed by atoms with van der Waals surface area (Å²) in [7, 11) is 1.65. The molecule has 3 heteroatoms. The van der Waals surface area contributed by atoms with Crippen molar-refractivity contribution in [1.29, 1.82) is 0 Å². The van der Waals surface area contributed by atoms with Crippen molar-refractivity contribution in [1.82, 2.24) is 5.32 Å². The SMILES string of the molecule is CNC(Cl)C(=O)c1ccccc1. The van der Waals surface area contributed by atoms with Crippen molar-refractivity contribution < 1.29 is 4.79 Å². The van der Waals surface area contributed by atoms with Crippen molar-refractivity contribution in [3.8, 4) is 0 Å². The molecular formula is C9H10ClNO. The second-order valence-corrected chi connectivity index (χ2v) is 2.82. The predicted molar refractivity (Wildman–Crippen MR) is 49.5 cm³/mol. The molecule has 0 amide bonds. The van der Waals surface area contributed by atoms with Gasteiger partial charge in [-0.25, -0.2) is 0 Å². The smallest absolute Gasteiger partial charge is 0.194 e. The molecule has 0 saturated heterocycles. The van der Waals surface area contributed by atoms with Gasteiger partial charge in [0.05, 0.1) is 0 Å². The van der Waals surface area contributed by atoms with Gasteiger partial charge in [-0.2, -0.15) is 0 Å². The molecule has 1 aromatic carbocycles. The van der Waals surface area contributed by atoms with Gasteiger partial charge < -0.3 is 0 Å². The summed E-state index contributed by atoms with van der Waals surface area (Å²) >= 11 is 5.69. The first-order valence-electron chi connectivity index (χ1n) is 3.66. The number of halogens is 1. The third-order valence-electron chi connectivity index (χ3n) is 1.54. The normalized spacial score (nSPS) is 12.5. The Morgan fingerprint density at radius 2 is 2.00 bits per heavy atom. The Morgan fingerprint density at radius 1 is 1.42 bits per heavy atom. The van der Waals surface area contributed by atoms with E-state index in [9.17, 15) is 4.79 Å². The van der Waals surface area contributed by atoms with Crippen LogP contribution in [0.4, 0.5) is 0 Å². The maximum Gasteiger partial charge on any atom is 0.194 e. The number of likely N-dealkylation sites (N-methyl/N-ethyl adjacent to an activating group) is 1. The fraction of sp³-hybridized carbons (Fsp3) is 0.222. The molecule has 0 aliphatic carbocycles. The van der Waals surface area contributed by atoms with Crippen LogP contribution in [0.15, 0.2) is 30.3 Å². The quantitative estimate of drug-likeness (QED) is 0.439. The fourth-order valence-electron chi connectivity index (χ4n) is 0.880. The summed E-state index contributed by atoms with van der Waals surface area (Å²) in [5, 5.41) is 2.68. The van der Waals surface area contributed by atoms with Crippen LogP contribution in [0.3, 0.4) is 0 Å². The lowest BCUT2D eigenvalue weighted by Gasteiger charge is -2.05. The van der Waals surface area contributed by atoms with Gasteiger partial charge in [0.1, 0.15) is 5.50 Å². The van der Waals surface area contributed by atoms with Gasteiger partial charge in [0.2, 0.25) is 0 Å². The molecule has 0 bridgehead atoms. The van der Waals surface area contributed by atoms with E-state index in [0.29, 0.717) is 5.56 Å². The zero-order valence-corrected chi connectivity index (χ0v) is 7.51. The molecule has 0 aromatic heterocycles. The highest BCUT2D eigenvalue weighted by atomic mass is 35.5. The van der Waals surface area contributed by atoms with Crippen LogP contribution in [-0.2, 0) is 0 Å². The first-order chi connectivity index (χ1) is 5.75. The Bertz CT molecular complexity index is 260. The Kier molecular flexibility index (Phi) is 3.26. The van der Waals surface area contributed by atoms with E-state index in [-0.39, 0.29) is 5.78 Å². The zero-order valence-electron chi connectivity index (χ0n) is 6.75. The minimum Gasteiger partial charge on any atom is -0.298 e. The number of carbonyl (C=O) groups excluding carboxylic acids is 1. The number of Topliss-reactive ketones (excluding diaryl/α,β-unsaturated/α-hetero) is 1. The molecule has 1 aromatic rings. The van der Waals surface area contributed by atoms with E-state index in [1.54, 1.807) is 19.2 Å². The minimum atomic E-state index is -0.632. The maximum absolute atomic E-state index is 11.4. The summed E-state index contributed by atoms with van der Waals surface area (Å²) < 4.78 is 0. The van der Waals surface area contributed by atoms with Gasteiger partial charge >= 0.3 is 0 Å². The number of ketones is 1. The number of hydrogen-bond acceptors (Lipinski definition) is 2. The highest BCUT2D eigenvalue weighted by Crippen LogP contribution is 2.05. The summed E-state index contributed by atoms with van der Waals surface area (Å²) in [5.74, 6) is -0.0974. The number of hydrogen-bond donors (Lipinski definition) is 1. The largest absolute Gasteiger partial charge is 0.298 e. The van der Waals surface area contributed by atoms with E-state index in [1.165, 1.54) is 0 Å². The van der Waals surface area contributed by atoms with Crippen LogP contribution < -0.4 is 5.32 Å². The monoisotopic (exact) mass is 183 g/mol. The van der Waals surface area contributed by atoms with Crippen molar-refractivity contribution in [2.24, 2.45) is 0 Å². The van der Waals surface area contributed by atoms with Crippen LogP contribution in [0, 0.1) is 0 Å². The summed E-state index contributed by atoms with van der Waals surface area (Å²) in [6.07, 6.45) is 0. The zero-order chi connectivity index (χ0) is 8.97. The molecule has 0 radical (unpaired) electrons. The molecule has 64 valence electrons. The number of rotatable bonds is 3. The Balaban J connectivity index is 2.79. The highest BCUT2D eigenvalue weighted by molar-refractivity contribution is 6.33.